The summed E-state index contributed by atoms with van der Waals surface area (Å²) in [4.78, 5) is 11.4. The van der Waals surface area contributed by atoms with Crippen molar-refractivity contribution in [2.75, 3.05) is 5.73 Å². The van der Waals surface area contributed by atoms with Gasteiger partial charge >= 0.3 is 0 Å². The first-order valence-corrected chi connectivity index (χ1v) is 5.49. The second kappa shape index (κ2) is 5.21. The molecular weight excluding hydrogens is 242 g/mol. The first-order chi connectivity index (χ1) is 8.24. The highest BCUT2D eigenvalue weighted by atomic mass is 32.1. The molecule has 0 unspecified atom stereocenters. The summed E-state index contributed by atoms with van der Waals surface area (Å²) in [6, 6.07) is 3.45. The first-order valence-electron chi connectivity index (χ1n) is 4.67. The average molecular weight is 251 g/mol. The van der Waals surface area contributed by atoms with Gasteiger partial charge in [-0.25, -0.2) is 5.43 Å². The number of aromatic nitrogens is 2. The predicted molar refractivity (Wildman–Crippen MR) is 62.5 cm³/mol. The summed E-state index contributed by atoms with van der Waals surface area (Å²) >= 11 is 1.17. The number of furan rings is 1. The van der Waals surface area contributed by atoms with Gasteiger partial charge in [0.2, 0.25) is 11.0 Å². The second-order valence-corrected chi connectivity index (χ2v) is 4.11. The highest BCUT2D eigenvalue weighted by molar-refractivity contribution is 7.15. The lowest BCUT2D eigenvalue weighted by atomic mass is 10.4. The van der Waals surface area contributed by atoms with Crippen molar-refractivity contribution in [2.45, 2.75) is 6.42 Å². The molecule has 3 N–H and O–H groups in total. The maximum absolute atomic E-state index is 11.4. The quantitative estimate of drug-likeness (QED) is 0.604. The van der Waals surface area contributed by atoms with E-state index < -0.39 is 0 Å². The smallest absolute Gasteiger partial charge is 0.247 e. The summed E-state index contributed by atoms with van der Waals surface area (Å²) in [5, 5.41) is 11.9. The number of anilines is 1. The standard InChI is InChI=1S/C9H9N5O2S/c10-9-14-13-8(17-9)4-7(15)12-11-5-6-2-1-3-16-6/h1-3,5H,4H2,(H2,10,14)(H,12,15)/b11-5-. The van der Waals surface area contributed by atoms with E-state index in [0.29, 0.717) is 15.9 Å². The number of carbonyl (C=O) groups excluding carboxylic acids is 1. The van der Waals surface area contributed by atoms with Crippen LogP contribution < -0.4 is 11.2 Å². The number of nitrogen functional groups attached to an aromatic ring is 1. The number of nitrogens with zero attached hydrogens (tertiary/aromatic N) is 3. The Hall–Kier alpha value is -2.22. The molecule has 1 amide bonds. The van der Waals surface area contributed by atoms with Gasteiger partial charge in [-0.3, -0.25) is 4.79 Å². The van der Waals surface area contributed by atoms with Crippen molar-refractivity contribution in [3.63, 3.8) is 0 Å². The van der Waals surface area contributed by atoms with Crippen LogP contribution in [0.1, 0.15) is 10.8 Å². The van der Waals surface area contributed by atoms with Crippen molar-refractivity contribution >= 4 is 28.6 Å². The molecule has 0 fully saturated rings. The number of carbonyl (C=O) groups is 1. The van der Waals surface area contributed by atoms with Crippen LogP contribution in [0.25, 0.3) is 0 Å². The van der Waals surface area contributed by atoms with Gasteiger partial charge in [0.15, 0.2) is 0 Å². The Morgan fingerprint density at radius 1 is 1.65 bits per heavy atom. The molecule has 8 heteroatoms. The molecule has 17 heavy (non-hydrogen) atoms. The summed E-state index contributed by atoms with van der Waals surface area (Å²) in [6.45, 7) is 0. The van der Waals surface area contributed by atoms with Crippen LogP contribution in [0.5, 0.6) is 0 Å². The molecule has 7 nitrogen and oxygen atoms in total. The Morgan fingerprint density at radius 2 is 2.53 bits per heavy atom. The van der Waals surface area contributed by atoms with E-state index in [1.165, 1.54) is 23.8 Å². The van der Waals surface area contributed by atoms with Crippen LogP contribution in [0.3, 0.4) is 0 Å². The Labute approximate surface area is 100 Å². The van der Waals surface area contributed by atoms with Crippen LogP contribution in [0.15, 0.2) is 27.9 Å². The van der Waals surface area contributed by atoms with Crippen molar-refractivity contribution in [3.8, 4) is 0 Å². The van der Waals surface area contributed by atoms with Crippen LogP contribution in [0.2, 0.25) is 0 Å². The van der Waals surface area contributed by atoms with Gasteiger partial charge in [0.1, 0.15) is 10.8 Å². The molecule has 88 valence electrons. The Kier molecular flexibility index (Phi) is 3.46. The lowest BCUT2D eigenvalue weighted by Crippen LogP contribution is -2.19. The van der Waals surface area contributed by atoms with Gasteiger partial charge < -0.3 is 10.2 Å². The predicted octanol–water partition coefficient (Wildman–Crippen LogP) is 0.406. The topological polar surface area (TPSA) is 106 Å². The number of hydrogen-bond acceptors (Lipinski definition) is 7. The zero-order chi connectivity index (χ0) is 12.1. The van der Waals surface area contributed by atoms with Crippen LogP contribution in [0.4, 0.5) is 5.13 Å². The SMILES string of the molecule is Nc1nnc(CC(=O)N/N=C\c2ccco2)s1. The van der Waals surface area contributed by atoms with E-state index in [1.54, 1.807) is 12.1 Å². The fourth-order valence-electron chi connectivity index (χ4n) is 1.05. The minimum atomic E-state index is -0.288. The fourth-order valence-corrected chi connectivity index (χ4v) is 1.66. The van der Waals surface area contributed by atoms with Gasteiger partial charge in [0.25, 0.3) is 0 Å². The maximum Gasteiger partial charge on any atom is 0.247 e. The Morgan fingerprint density at radius 3 is 3.18 bits per heavy atom. The van der Waals surface area contributed by atoms with Gasteiger partial charge in [0, 0.05) is 0 Å². The van der Waals surface area contributed by atoms with E-state index >= 15 is 0 Å². The van der Waals surface area contributed by atoms with Crippen LogP contribution >= 0.6 is 11.3 Å². The first kappa shape index (κ1) is 11.3. The molecule has 0 aliphatic heterocycles. The number of nitrogens with two attached hydrogens (primary N) is 1. The molecule has 0 spiro atoms. The van der Waals surface area contributed by atoms with E-state index in [-0.39, 0.29) is 12.3 Å². The number of amides is 1. The van der Waals surface area contributed by atoms with E-state index in [4.69, 9.17) is 10.2 Å². The zero-order valence-electron chi connectivity index (χ0n) is 8.66. The molecular formula is C9H9N5O2S. The summed E-state index contributed by atoms with van der Waals surface area (Å²) in [6.07, 6.45) is 3.03. The lowest BCUT2D eigenvalue weighted by molar-refractivity contribution is -0.120. The summed E-state index contributed by atoms with van der Waals surface area (Å²) < 4.78 is 5.00. The van der Waals surface area contributed by atoms with Gasteiger partial charge in [-0.15, -0.1) is 10.2 Å². The minimum absolute atomic E-state index is 0.102. The molecule has 0 aliphatic rings. The lowest BCUT2D eigenvalue weighted by Gasteiger charge is -1.94. The third-order valence-corrected chi connectivity index (χ3v) is 2.47. The van der Waals surface area contributed by atoms with Crippen LogP contribution in [-0.4, -0.2) is 22.3 Å². The van der Waals surface area contributed by atoms with Crippen molar-refractivity contribution in [2.24, 2.45) is 5.10 Å². The number of hydrazone groups is 1. The van der Waals surface area contributed by atoms with Gasteiger partial charge in [-0.2, -0.15) is 5.10 Å². The maximum atomic E-state index is 11.4. The Balaban J connectivity index is 1.82. The highest BCUT2D eigenvalue weighted by Gasteiger charge is 2.06. The van der Waals surface area contributed by atoms with Crippen molar-refractivity contribution in [1.29, 1.82) is 0 Å². The molecule has 0 saturated carbocycles. The molecule has 0 atom stereocenters. The highest BCUT2D eigenvalue weighted by Crippen LogP contribution is 2.10. The van der Waals surface area contributed by atoms with Gasteiger partial charge in [-0.1, -0.05) is 11.3 Å². The van der Waals surface area contributed by atoms with Crippen molar-refractivity contribution < 1.29 is 9.21 Å². The minimum Gasteiger partial charge on any atom is -0.463 e. The van der Waals surface area contributed by atoms with Crippen molar-refractivity contribution in [3.05, 3.63) is 29.2 Å². The summed E-state index contributed by atoms with van der Waals surface area (Å²) in [5.74, 6) is 0.273. The zero-order valence-corrected chi connectivity index (χ0v) is 9.48. The monoisotopic (exact) mass is 251 g/mol. The van der Waals surface area contributed by atoms with E-state index in [1.807, 2.05) is 0 Å². The Bertz CT molecular complexity index is 519. The summed E-state index contributed by atoms with van der Waals surface area (Å²) in [7, 11) is 0. The molecule has 2 rings (SSSR count). The number of hydrogen-bond donors (Lipinski definition) is 2. The average Bonchev–Trinajstić information content (AvgIpc) is 2.90. The third-order valence-electron chi connectivity index (χ3n) is 1.72. The van der Waals surface area contributed by atoms with E-state index in [0.717, 1.165) is 0 Å². The summed E-state index contributed by atoms with van der Waals surface area (Å²) in [5.41, 5.74) is 7.74. The van der Waals surface area contributed by atoms with E-state index in [9.17, 15) is 4.79 Å². The normalized spacial score (nSPS) is 10.8. The van der Waals surface area contributed by atoms with Crippen molar-refractivity contribution in [1.82, 2.24) is 15.6 Å². The molecule has 2 aromatic rings. The largest absolute Gasteiger partial charge is 0.463 e. The fraction of sp³-hybridized carbons (Fsp3) is 0.111. The number of nitrogens with one attached hydrogen (secondary N) is 1. The van der Waals surface area contributed by atoms with Crippen LogP contribution in [-0.2, 0) is 11.2 Å². The molecule has 0 aromatic carbocycles. The molecule has 2 heterocycles. The van der Waals surface area contributed by atoms with Gasteiger partial charge in [-0.05, 0) is 12.1 Å². The molecule has 0 radical (unpaired) electrons. The van der Waals surface area contributed by atoms with Crippen LogP contribution in [0, 0.1) is 0 Å². The second-order valence-electron chi connectivity index (χ2n) is 3.02. The van der Waals surface area contributed by atoms with Gasteiger partial charge in [0.05, 0.1) is 18.9 Å². The third kappa shape index (κ3) is 3.38. The van der Waals surface area contributed by atoms with E-state index in [2.05, 4.69) is 20.7 Å². The molecule has 2 aromatic heterocycles. The number of rotatable bonds is 4. The molecule has 0 saturated heterocycles. The molecule has 0 aliphatic carbocycles. The molecule has 0 bridgehead atoms.